The molecule has 0 aliphatic carbocycles. The van der Waals surface area contributed by atoms with Gasteiger partial charge in [-0.1, -0.05) is 12.2 Å². The topological polar surface area (TPSA) is 104 Å². The zero-order valence-corrected chi connectivity index (χ0v) is 9.82. The summed E-state index contributed by atoms with van der Waals surface area (Å²) in [5.41, 5.74) is 5.73. The summed E-state index contributed by atoms with van der Waals surface area (Å²) in [5.74, 6) is 0.163. The molecule has 0 aliphatic heterocycles. The van der Waals surface area contributed by atoms with E-state index >= 15 is 0 Å². The SMILES string of the molecule is CN(C)S(=O)(=O)Nc1[nH]ncc1C(N)=S. The van der Waals surface area contributed by atoms with Gasteiger partial charge in [0.1, 0.15) is 10.8 Å². The molecule has 0 aromatic carbocycles. The van der Waals surface area contributed by atoms with E-state index in [9.17, 15) is 8.42 Å². The smallest absolute Gasteiger partial charge is 0.302 e. The quantitative estimate of drug-likeness (QED) is 0.610. The lowest BCUT2D eigenvalue weighted by Crippen LogP contribution is -2.30. The van der Waals surface area contributed by atoms with Crippen LogP contribution in [-0.2, 0) is 10.2 Å². The van der Waals surface area contributed by atoms with Crippen LogP contribution in [0.4, 0.5) is 5.82 Å². The lowest BCUT2D eigenvalue weighted by Gasteiger charge is -2.12. The van der Waals surface area contributed by atoms with Crippen LogP contribution in [0.3, 0.4) is 0 Å². The summed E-state index contributed by atoms with van der Waals surface area (Å²) in [6.45, 7) is 0. The molecule has 0 amide bonds. The maximum absolute atomic E-state index is 11.5. The minimum Gasteiger partial charge on any atom is -0.389 e. The van der Waals surface area contributed by atoms with E-state index in [1.807, 2.05) is 0 Å². The lowest BCUT2D eigenvalue weighted by molar-refractivity contribution is 0.526. The lowest BCUT2D eigenvalue weighted by atomic mass is 10.3. The number of anilines is 1. The van der Waals surface area contributed by atoms with Crippen LogP contribution in [0.2, 0.25) is 0 Å². The van der Waals surface area contributed by atoms with E-state index in [1.165, 1.54) is 20.3 Å². The molecule has 0 atom stereocenters. The minimum atomic E-state index is -3.58. The van der Waals surface area contributed by atoms with Gasteiger partial charge < -0.3 is 5.73 Å². The van der Waals surface area contributed by atoms with Crippen molar-refractivity contribution >= 4 is 33.2 Å². The van der Waals surface area contributed by atoms with Gasteiger partial charge in [-0.05, 0) is 0 Å². The molecule has 15 heavy (non-hydrogen) atoms. The standard InChI is InChI=1S/C6H11N5O2S2/c1-11(2)15(12,13)10-6-4(5(7)14)3-8-9-6/h3H,1-2H3,(H2,7,14)(H2,8,9,10). The van der Waals surface area contributed by atoms with E-state index in [4.69, 9.17) is 18.0 Å². The first-order valence-electron chi connectivity index (χ1n) is 3.88. The first-order chi connectivity index (χ1) is 6.84. The Hall–Kier alpha value is -1.19. The molecular formula is C6H11N5O2S2. The van der Waals surface area contributed by atoms with Crippen molar-refractivity contribution in [2.24, 2.45) is 5.73 Å². The van der Waals surface area contributed by atoms with Crippen molar-refractivity contribution in [1.82, 2.24) is 14.5 Å². The van der Waals surface area contributed by atoms with Gasteiger partial charge in [0.05, 0.1) is 11.8 Å². The number of hydrogen-bond acceptors (Lipinski definition) is 4. The predicted molar refractivity (Wildman–Crippen MR) is 60.7 cm³/mol. The normalized spacial score (nSPS) is 11.7. The van der Waals surface area contributed by atoms with Crippen LogP contribution in [0.15, 0.2) is 6.20 Å². The van der Waals surface area contributed by atoms with Crippen molar-refractivity contribution in [3.05, 3.63) is 11.8 Å². The summed E-state index contributed by atoms with van der Waals surface area (Å²) in [4.78, 5) is 0.0696. The summed E-state index contributed by atoms with van der Waals surface area (Å²) < 4.78 is 26.2. The second kappa shape index (κ2) is 4.13. The highest BCUT2D eigenvalue weighted by atomic mass is 32.2. The summed E-state index contributed by atoms with van der Waals surface area (Å²) in [7, 11) is -0.776. The summed E-state index contributed by atoms with van der Waals surface area (Å²) in [5, 5.41) is 6.11. The Morgan fingerprint density at radius 1 is 1.67 bits per heavy atom. The van der Waals surface area contributed by atoms with Gasteiger partial charge in [-0.3, -0.25) is 9.82 Å². The molecule has 7 nitrogen and oxygen atoms in total. The third-order valence-corrected chi connectivity index (χ3v) is 3.26. The number of aromatic nitrogens is 2. The van der Waals surface area contributed by atoms with Gasteiger partial charge in [-0.2, -0.15) is 17.8 Å². The fraction of sp³-hybridized carbons (Fsp3) is 0.333. The van der Waals surface area contributed by atoms with Crippen LogP contribution >= 0.6 is 12.2 Å². The molecule has 0 radical (unpaired) electrons. The largest absolute Gasteiger partial charge is 0.389 e. The number of rotatable bonds is 4. The number of H-pyrrole nitrogens is 1. The average molecular weight is 249 g/mol. The molecule has 4 N–H and O–H groups in total. The Kier molecular flexibility index (Phi) is 3.27. The molecule has 1 rings (SSSR count). The van der Waals surface area contributed by atoms with Gasteiger partial charge in [-0.25, -0.2) is 0 Å². The van der Waals surface area contributed by atoms with Gasteiger partial charge in [0.25, 0.3) is 0 Å². The van der Waals surface area contributed by atoms with Gasteiger partial charge >= 0.3 is 10.2 Å². The Morgan fingerprint density at radius 2 is 2.27 bits per heavy atom. The Bertz CT molecular complexity index is 464. The maximum Gasteiger partial charge on any atom is 0.302 e. The molecule has 0 fully saturated rings. The van der Waals surface area contributed by atoms with Crippen molar-refractivity contribution in [2.75, 3.05) is 18.8 Å². The van der Waals surface area contributed by atoms with Gasteiger partial charge in [0.2, 0.25) is 0 Å². The van der Waals surface area contributed by atoms with Crippen molar-refractivity contribution < 1.29 is 8.42 Å². The molecular weight excluding hydrogens is 238 g/mol. The van der Waals surface area contributed by atoms with Gasteiger partial charge in [0.15, 0.2) is 0 Å². The summed E-state index contributed by atoms with van der Waals surface area (Å²) in [6, 6.07) is 0. The Morgan fingerprint density at radius 3 is 2.73 bits per heavy atom. The predicted octanol–water partition coefficient (Wildman–Crippen LogP) is -0.738. The summed E-state index contributed by atoms with van der Waals surface area (Å²) >= 11 is 4.73. The van der Waals surface area contributed by atoms with Crippen LogP contribution < -0.4 is 10.5 Å². The van der Waals surface area contributed by atoms with Gasteiger partial charge in [-0.15, -0.1) is 0 Å². The van der Waals surface area contributed by atoms with E-state index in [0.717, 1.165) is 4.31 Å². The maximum atomic E-state index is 11.5. The number of nitrogens with two attached hydrogens (primary N) is 1. The third-order valence-electron chi connectivity index (χ3n) is 1.62. The molecule has 1 heterocycles. The van der Waals surface area contributed by atoms with Crippen LogP contribution in [0.25, 0.3) is 0 Å². The number of nitrogens with zero attached hydrogens (tertiary/aromatic N) is 2. The number of aromatic amines is 1. The molecule has 0 saturated heterocycles. The van der Waals surface area contributed by atoms with E-state index in [-0.39, 0.29) is 10.8 Å². The molecule has 84 valence electrons. The fourth-order valence-electron chi connectivity index (χ4n) is 0.771. The van der Waals surface area contributed by atoms with Crippen LogP contribution in [0, 0.1) is 0 Å². The second-order valence-corrected chi connectivity index (χ2v) is 5.24. The first kappa shape index (κ1) is 11.9. The molecule has 0 aliphatic rings. The van der Waals surface area contributed by atoms with Crippen LogP contribution in [0.1, 0.15) is 5.56 Å². The highest BCUT2D eigenvalue weighted by molar-refractivity contribution is 7.90. The molecule has 0 bridgehead atoms. The Balaban J connectivity index is 3.01. The molecule has 0 saturated carbocycles. The van der Waals surface area contributed by atoms with E-state index in [0.29, 0.717) is 5.56 Å². The van der Waals surface area contributed by atoms with Crippen molar-refractivity contribution in [3.63, 3.8) is 0 Å². The molecule has 0 unspecified atom stereocenters. The third kappa shape index (κ3) is 2.64. The number of hydrogen-bond donors (Lipinski definition) is 3. The van der Waals surface area contributed by atoms with Crippen molar-refractivity contribution in [1.29, 1.82) is 0 Å². The minimum absolute atomic E-state index is 0.0696. The monoisotopic (exact) mass is 249 g/mol. The summed E-state index contributed by atoms with van der Waals surface area (Å²) in [6.07, 6.45) is 1.36. The first-order valence-corrected chi connectivity index (χ1v) is 5.73. The van der Waals surface area contributed by atoms with Crippen LogP contribution in [-0.4, -0.2) is 42.0 Å². The second-order valence-electron chi connectivity index (χ2n) is 2.91. The molecule has 1 aromatic heterocycles. The molecule has 9 heteroatoms. The Labute approximate surface area is 92.8 Å². The fourth-order valence-corrected chi connectivity index (χ4v) is 1.52. The highest BCUT2D eigenvalue weighted by Gasteiger charge is 2.17. The zero-order valence-electron chi connectivity index (χ0n) is 8.18. The average Bonchev–Trinajstić information content (AvgIpc) is 2.51. The van der Waals surface area contributed by atoms with Gasteiger partial charge in [0, 0.05) is 14.1 Å². The van der Waals surface area contributed by atoms with E-state index in [2.05, 4.69) is 14.9 Å². The van der Waals surface area contributed by atoms with E-state index < -0.39 is 10.2 Å². The zero-order chi connectivity index (χ0) is 11.6. The number of thiocarbonyl (C=S) groups is 1. The highest BCUT2D eigenvalue weighted by Crippen LogP contribution is 2.12. The van der Waals surface area contributed by atoms with Crippen LogP contribution in [0.5, 0.6) is 0 Å². The van der Waals surface area contributed by atoms with Crippen molar-refractivity contribution in [2.45, 2.75) is 0 Å². The number of nitrogens with one attached hydrogen (secondary N) is 2. The molecule has 1 aromatic rings. The van der Waals surface area contributed by atoms with Crippen molar-refractivity contribution in [3.8, 4) is 0 Å². The van der Waals surface area contributed by atoms with E-state index in [1.54, 1.807) is 0 Å². The molecule has 0 spiro atoms.